The average Bonchev–Trinajstić information content (AvgIpc) is 2.54. The number of hydrogen-bond donors (Lipinski definition) is 1. The molecule has 0 amide bonds. The van der Waals surface area contributed by atoms with Gasteiger partial charge in [-0.05, 0) is 25.5 Å². The summed E-state index contributed by atoms with van der Waals surface area (Å²) in [5.74, 6) is -0.355. The van der Waals surface area contributed by atoms with Crippen LogP contribution in [0.5, 0.6) is 0 Å². The van der Waals surface area contributed by atoms with Crippen LogP contribution in [0.2, 0.25) is 0 Å². The Kier molecular flexibility index (Phi) is 3.19. The molecular formula is C12H14FN3O. The second kappa shape index (κ2) is 4.63. The Balaban J connectivity index is 2.30. The van der Waals surface area contributed by atoms with E-state index in [2.05, 4.69) is 10.1 Å². The summed E-state index contributed by atoms with van der Waals surface area (Å²) in [5, 5.41) is 13.5. The molecule has 0 aromatic carbocycles. The van der Waals surface area contributed by atoms with Crippen LogP contribution in [-0.4, -0.2) is 19.9 Å². The lowest BCUT2D eigenvalue weighted by Gasteiger charge is -2.04. The van der Waals surface area contributed by atoms with E-state index in [-0.39, 0.29) is 12.4 Å². The third-order valence-electron chi connectivity index (χ3n) is 2.78. The molecule has 0 aliphatic carbocycles. The standard InChI is InChI=1S/C12H14FN3O/c1-8-12(7-17)9(2)16(15-8)6-10-3-11(13)5-14-4-10/h3-5,17H,6-7H2,1-2H3. The molecule has 0 saturated heterocycles. The van der Waals surface area contributed by atoms with Gasteiger partial charge in [0, 0.05) is 17.5 Å². The van der Waals surface area contributed by atoms with E-state index >= 15 is 0 Å². The minimum Gasteiger partial charge on any atom is -0.392 e. The first kappa shape index (κ1) is 11.7. The first-order valence-electron chi connectivity index (χ1n) is 5.35. The second-order valence-electron chi connectivity index (χ2n) is 3.98. The van der Waals surface area contributed by atoms with Gasteiger partial charge in [0.2, 0.25) is 0 Å². The molecule has 0 atom stereocenters. The summed E-state index contributed by atoms with van der Waals surface area (Å²) >= 11 is 0. The van der Waals surface area contributed by atoms with Gasteiger partial charge in [-0.15, -0.1) is 0 Å². The fourth-order valence-electron chi connectivity index (χ4n) is 1.83. The fraction of sp³-hybridized carbons (Fsp3) is 0.333. The molecule has 2 rings (SSSR count). The third kappa shape index (κ3) is 2.34. The molecule has 0 spiro atoms. The van der Waals surface area contributed by atoms with Crippen LogP contribution < -0.4 is 0 Å². The van der Waals surface area contributed by atoms with E-state index in [4.69, 9.17) is 0 Å². The topological polar surface area (TPSA) is 50.9 Å². The normalized spacial score (nSPS) is 10.8. The van der Waals surface area contributed by atoms with Gasteiger partial charge in [-0.1, -0.05) is 0 Å². The highest BCUT2D eigenvalue weighted by atomic mass is 19.1. The smallest absolute Gasteiger partial charge is 0.141 e. The lowest BCUT2D eigenvalue weighted by atomic mass is 10.2. The molecule has 0 saturated carbocycles. The van der Waals surface area contributed by atoms with Crippen molar-refractivity contribution in [1.29, 1.82) is 0 Å². The molecule has 4 nitrogen and oxygen atoms in total. The van der Waals surface area contributed by atoms with E-state index in [9.17, 15) is 9.50 Å². The molecule has 90 valence electrons. The minimum atomic E-state index is -0.355. The zero-order valence-electron chi connectivity index (χ0n) is 9.81. The van der Waals surface area contributed by atoms with Crippen molar-refractivity contribution >= 4 is 0 Å². The third-order valence-corrected chi connectivity index (χ3v) is 2.78. The molecule has 0 aliphatic heterocycles. The maximum atomic E-state index is 13.0. The highest BCUT2D eigenvalue weighted by molar-refractivity contribution is 5.24. The Bertz CT molecular complexity index is 537. The van der Waals surface area contributed by atoms with Crippen LogP contribution >= 0.6 is 0 Å². The van der Waals surface area contributed by atoms with Gasteiger partial charge in [-0.2, -0.15) is 5.10 Å². The molecule has 2 aromatic heterocycles. The summed E-state index contributed by atoms with van der Waals surface area (Å²) in [5.41, 5.74) is 3.28. The van der Waals surface area contributed by atoms with E-state index in [1.807, 2.05) is 13.8 Å². The van der Waals surface area contributed by atoms with Crippen LogP contribution in [-0.2, 0) is 13.2 Å². The minimum absolute atomic E-state index is 0.0287. The van der Waals surface area contributed by atoms with E-state index in [1.165, 1.54) is 12.3 Å². The van der Waals surface area contributed by atoms with Gasteiger partial charge in [0.1, 0.15) is 5.82 Å². The van der Waals surface area contributed by atoms with Crippen LogP contribution in [0.3, 0.4) is 0 Å². The number of nitrogens with zero attached hydrogens (tertiary/aromatic N) is 3. The van der Waals surface area contributed by atoms with Crippen LogP contribution in [0.1, 0.15) is 22.5 Å². The Hall–Kier alpha value is -1.75. The monoisotopic (exact) mass is 235 g/mol. The van der Waals surface area contributed by atoms with E-state index in [0.717, 1.165) is 22.5 Å². The van der Waals surface area contributed by atoms with Gasteiger partial charge in [0.05, 0.1) is 25.0 Å². The number of hydrogen-bond acceptors (Lipinski definition) is 3. The molecule has 1 N–H and O–H groups in total. The number of aliphatic hydroxyl groups excluding tert-OH is 1. The number of rotatable bonds is 3. The van der Waals surface area contributed by atoms with Gasteiger partial charge in [0.25, 0.3) is 0 Å². The lowest BCUT2D eigenvalue weighted by molar-refractivity contribution is 0.280. The van der Waals surface area contributed by atoms with Gasteiger partial charge in [-0.3, -0.25) is 9.67 Å². The number of aryl methyl sites for hydroxylation is 1. The van der Waals surface area contributed by atoms with Gasteiger partial charge in [-0.25, -0.2) is 4.39 Å². The molecule has 0 unspecified atom stereocenters. The predicted molar refractivity (Wildman–Crippen MR) is 60.9 cm³/mol. The molecule has 2 heterocycles. The zero-order chi connectivity index (χ0) is 12.4. The van der Waals surface area contributed by atoms with Crippen molar-refractivity contribution in [2.24, 2.45) is 0 Å². The quantitative estimate of drug-likeness (QED) is 0.878. The Morgan fingerprint density at radius 3 is 2.71 bits per heavy atom. The molecule has 0 radical (unpaired) electrons. The molecule has 0 fully saturated rings. The molecule has 0 aliphatic rings. The molecule has 17 heavy (non-hydrogen) atoms. The molecule has 5 heteroatoms. The second-order valence-corrected chi connectivity index (χ2v) is 3.98. The predicted octanol–water partition coefficient (Wildman–Crippen LogP) is 1.57. The molecular weight excluding hydrogens is 221 g/mol. The van der Waals surface area contributed by atoms with Crippen molar-refractivity contribution in [2.45, 2.75) is 27.0 Å². The number of aliphatic hydroxyl groups is 1. The van der Waals surface area contributed by atoms with E-state index in [1.54, 1.807) is 10.9 Å². The SMILES string of the molecule is Cc1nn(Cc2cncc(F)c2)c(C)c1CO. The number of halogens is 1. The maximum absolute atomic E-state index is 13.0. The number of pyridine rings is 1. The van der Waals surface area contributed by atoms with E-state index < -0.39 is 0 Å². The summed E-state index contributed by atoms with van der Waals surface area (Å²) < 4.78 is 14.7. The maximum Gasteiger partial charge on any atom is 0.141 e. The molecule has 2 aromatic rings. The highest BCUT2D eigenvalue weighted by Crippen LogP contribution is 2.14. The van der Waals surface area contributed by atoms with Gasteiger partial charge in [0.15, 0.2) is 0 Å². The van der Waals surface area contributed by atoms with Crippen molar-refractivity contribution in [3.05, 3.63) is 46.8 Å². The summed E-state index contributed by atoms with van der Waals surface area (Å²) in [4.78, 5) is 3.79. The average molecular weight is 235 g/mol. The summed E-state index contributed by atoms with van der Waals surface area (Å²) in [6, 6.07) is 1.43. The van der Waals surface area contributed by atoms with Crippen molar-refractivity contribution in [2.75, 3.05) is 0 Å². The van der Waals surface area contributed by atoms with E-state index in [0.29, 0.717) is 6.54 Å². The highest BCUT2D eigenvalue weighted by Gasteiger charge is 2.10. The van der Waals surface area contributed by atoms with Gasteiger partial charge < -0.3 is 5.11 Å². The molecule has 0 bridgehead atoms. The van der Waals surface area contributed by atoms with Crippen LogP contribution in [0, 0.1) is 19.7 Å². The fourth-order valence-corrected chi connectivity index (χ4v) is 1.83. The van der Waals surface area contributed by atoms with Crippen LogP contribution in [0.15, 0.2) is 18.5 Å². The first-order valence-corrected chi connectivity index (χ1v) is 5.35. The van der Waals surface area contributed by atoms with Crippen molar-refractivity contribution in [1.82, 2.24) is 14.8 Å². The first-order chi connectivity index (χ1) is 8.11. The summed E-state index contributed by atoms with van der Waals surface area (Å²) in [7, 11) is 0. The number of aromatic nitrogens is 3. The Morgan fingerprint density at radius 1 is 1.35 bits per heavy atom. The largest absolute Gasteiger partial charge is 0.392 e. The van der Waals surface area contributed by atoms with Crippen LogP contribution in [0.4, 0.5) is 4.39 Å². The summed E-state index contributed by atoms with van der Waals surface area (Å²) in [6.07, 6.45) is 2.78. The Labute approximate surface area is 98.7 Å². The van der Waals surface area contributed by atoms with Crippen molar-refractivity contribution < 1.29 is 9.50 Å². The van der Waals surface area contributed by atoms with Crippen molar-refractivity contribution in [3.8, 4) is 0 Å². The Morgan fingerprint density at radius 2 is 2.12 bits per heavy atom. The van der Waals surface area contributed by atoms with Crippen LogP contribution in [0.25, 0.3) is 0 Å². The zero-order valence-corrected chi connectivity index (χ0v) is 9.81. The summed E-state index contributed by atoms with van der Waals surface area (Å²) in [6.45, 7) is 4.16. The van der Waals surface area contributed by atoms with Gasteiger partial charge >= 0.3 is 0 Å². The lowest BCUT2D eigenvalue weighted by Crippen LogP contribution is -2.05. The van der Waals surface area contributed by atoms with Crippen molar-refractivity contribution in [3.63, 3.8) is 0 Å².